The van der Waals surface area contributed by atoms with Crippen LogP contribution in [0.25, 0.3) is 0 Å². The molecule has 1 heterocycles. The molecule has 0 aromatic carbocycles. The molecule has 0 aromatic heterocycles. The van der Waals surface area contributed by atoms with E-state index in [1.807, 2.05) is 0 Å². The van der Waals surface area contributed by atoms with Crippen molar-refractivity contribution in [3.63, 3.8) is 0 Å². The van der Waals surface area contributed by atoms with E-state index in [2.05, 4.69) is 39.5 Å². The number of fused-ring (bicyclic) bond motifs is 1. The Bertz CT molecular complexity index is 449. The molecular weight excluding hydrogens is 264 g/mol. The van der Waals surface area contributed by atoms with Crippen LogP contribution in [0, 0.1) is 35.5 Å². The Labute approximate surface area is 127 Å². The molecule has 5 atom stereocenters. The molecule has 2 unspecified atom stereocenters. The molecule has 2 rings (SSSR count). The summed E-state index contributed by atoms with van der Waals surface area (Å²) in [5.74, 6) is 0.218. The van der Waals surface area contributed by atoms with E-state index in [4.69, 9.17) is 4.74 Å². The van der Waals surface area contributed by atoms with Crippen molar-refractivity contribution in [2.75, 3.05) is 0 Å². The number of carbonyl (C=O) groups excluding carboxylic acids is 2. The van der Waals surface area contributed by atoms with Crippen LogP contribution in [-0.4, -0.2) is 11.9 Å². The van der Waals surface area contributed by atoms with Crippen LogP contribution < -0.4 is 0 Å². The lowest BCUT2D eigenvalue weighted by Crippen LogP contribution is -2.19. The molecule has 0 radical (unpaired) electrons. The molecule has 2 aliphatic rings. The maximum atomic E-state index is 11.9. The van der Waals surface area contributed by atoms with E-state index < -0.39 is 0 Å². The summed E-state index contributed by atoms with van der Waals surface area (Å²) in [4.78, 5) is 23.6. The predicted octanol–water partition coefficient (Wildman–Crippen LogP) is 3.75. The average molecular weight is 290 g/mol. The van der Waals surface area contributed by atoms with E-state index in [-0.39, 0.29) is 35.6 Å². The number of esters is 2. The Morgan fingerprint density at radius 3 is 2.38 bits per heavy atom. The molecule has 0 N–H and O–H groups in total. The normalized spacial score (nSPS) is 33.5. The lowest BCUT2D eigenvalue weighted by atomic mass is 9.88. The van der Waals surface area contributed by atoms with Crippen LogP contribution in [-0.2, 0) is 14.3 Å². The van der Waals surface area contributed by atoms with Crippen molar-refractivity contribution < 1.29 is 14.3 Å². The highest BCUT2D eigenvalue weighted by atomic mass is 16.6. The third-order valence-electron chi connectivity index (χ3n) is 4.70. The van der Waals surface area contributed by atoms with Crippen LogP contribution in [0.3, 0.4) is 0 Å². The quantitative estimate of drug-likeness (QED) is 0.425. The van der Waals surface area contributed by atoms with E-state index >= 15 is 0 Å². The summed E-state index contributed by atoms with van der Waals surface area (Å²) < 4.78 is 4.81. The SMILES string of the molecule is C=C[C@H]1C[C@@H](/C=C/CC(C)CC(C)C)[C@@H]2C(=O)OC(=O)C21. The van der Waals surface area contributed by atoms with Gasteiger partial charge in [0.2, 0.25) is 0 Å². The van der Waals surface area contributed by atoms with Crippen LogP contribution in [0.15, 0.2) is 24.8 Å². The molecule has 0 aromatic rings. The first-order chi connectivity index (χ1) is 9.93. The highest BCUT2D eigenvalue weighted by Gasteiger charge is 2.55. The van der Waals surface area contributed by atoms with Crippen LogP contribution >= 0.6 is 0 Å². The first-order valence-corrected chi connectivity index (χ1v) is 7.98. The molecule has 2 fully saturated rings. The van der Waals surface area contributed by atoms with Crippen LogP contribution in [0.4, 0.5) is 0 Å². The smallest absolute Gasteiger partial charge is 0.318 e. The number of hydrogen-bond donors (Lipinski definition) is 0. The Hall–Kier alpha value is -1.38. The zero-order valence-electron chi connectivity index (χ0n) is 13.2. The second-order valence-electron chi connectivity index (χ2n) is 6.99. The van der Waals surface area contributed by atoms with Gasteiger partial charge in [-0.15, -0.1) is 6.58 Å². The molecule has 1 aliphatic carbocycles. The average Bonchev–Trinajstić information content (AvgIpc) is 2.89. The number of ether oxygens (including phenoxy) is 1. The molecule has 3 heteroatoms. The summed E-state index contributed by atoms with van der Waals surface area (Å²) in [5.41, 5.74) is 0. The fourth-order valence-electron chi connectivity index (χ4n) is 3.85. The molecule has 0 spiro atoms. The third kappa shape index (κ3) is 3.45. The Morgan fingerprint density at radius 2 is 1.81 bits per heavy atom. The zero-order chi connectivity index (χ0) is 15.6. The van der Waals surface area contributed by atoms with E-state index in [1.165, 1.54) is 6.42 Å². The standard InChI is InChI=1S/C18H26O3/c1-5-13-10-14(8-6-7-12(4)9-11(2)3)16-15(13)17(19)21-18(16)20/h5-6,8,11-16H,1,7,9-10H2,2-4H3/b8-6+/t12?,13-,14+,15?,16-/m0/s1. The minimum Gasteiger partial charge on any atom is -0.393 e. The maximum absolute atomic E-state index is 11.9. The van der Waals surface area contributed by atoms with Gasteiger partial charge in [-0.05, 0) is 42.9 Å². The fraction of sp³-hybridized carbons (Fsp3) is 0.667. The van der Waals surface area contributed by atoms with Gasteiger partial charge in [0.15, 0.2) is 0 Å². The molecule has 1 saturated carbocycles. The van der Waals surface area contributed by atoms with E-state index in [0.29, 0.717) is 11.8 Å². The highest BCUT2D eigenvalue weighted by Crippen LogP contribution is 2.47. The van der Waals surface area contributed by atoms with Crippen molar-refractivity contribution in [3.8, 4) is 0 Å². The van der Waals surface area contributed by atoms with E-state index in [9.17, 15) is 9.59 Å². The first-order valence-electron chi connectivity index (χ1n) is 7.98. The van der Waals surface area contributed by atoms with Gasteiger partial charge in [0.1, 0.15) is 0 Å². The number of allylic oxidation sites excluding steroid dienone is 3. The second-order valence-corrected chi connectivity index (χ2v) is 6.99. The van der Waals surface area contributed by atoms with Crippen LogP contribution in [0.2, 0.25) is 0 Å². The van der Waals surface area contributed by atoms with Gasteiger partial charge in [-0.3, -0.25) is 9.59 Å². The summed E-state index contributed by atoms with van der Waals surface area (Å²) in [6.07, 6.45) is 9.15. The Balaban J connectivity index is 1.99. The molecule has 1 saturated heterocycles. The van der Waals surface area contributed by atoms with Crippen molar-refractivity contribution in [3.05, 3.63) is 24.8 Å². The molecule has 0 amide bonds. The molecule has 1 aliphatic heterocycles. The lowest BCUT2D eigenvalue weighted by molar-refractivity contribution is -0.154. The van der Waals surface area contributed by atoms with Crippen LogP contribution in [0.1, 0.15) is 40.0 Å². The number of cyclic esters (lactones) is 2. The minimum atomic E-state index is -0.362. The van der Waals surface area contributed by atoms with Gasteiger partial charge < -0.3 is 4.74 Å². The summed E-state index contributed by atoms with van der Waals surface area (Å²) in [5, 5.41) is 0. The van der Waals surface area contributed by atoms with E-state index in [0.717, 1.165) is 12.8 Å². The maximum Gasteiger partial charge on any atom is 0.318 e. The van der Waals surface area contributed by atoms with Crippen molar-refractivity contribution in [2.45, 2.75) is 40.0 Å². The van der Waals surface area contributed by atoms with Crippen LogP contribution in [0.5, 0.6) is 0 Å². The van der Waals surface area contributed by atoms with Gasteiger partial charge in [0, 0.05) is 0 Å². The predicted molar refractivity (Wildman–Crippen MR) is 82.2 cm³/mol. The lowest BCUT2D eigenvalue weighted by Gasteiger charge is -2.12. The first kappa shape index (κ1) is 16.0. The number of hydrogen-bond acceptors (Lipinski definition) is 3. The van der Waals surface area contributed by atoms with Crippen molar-refractivity contribution in [1.82, 2.24) is 0 Å². The largest absolute Gasteiger partial charge is 0.393 e. The molecule has 116 valence electrons. The molecule has 0 bridgehead atoms. The highest BCUT2D eigenvalue weighted by molar-refractivity contribution is 5.97. The Kier molecular flexibility index (Phi) is 5.02. The van der Waals surface area contributed by atoms with Gasteiger partial charge in [-0.2, -0.15) is 0 Å². The molecular formula is C18H26O3. The van der Waals surface area contributed by atoms with Crippen molar-refractivity contribution in [1.29, 1.82) is 0 Å². The molecule has 3 nitrogen and oxygen atoms in total. The molecule has 21 heavy (non-hydrogen) atoms. The second kappa shape index (κ2) is 6.59. The Morgan fingerprint density at radius 1 is 1.19 bits per heavy atom. The van der Waals surface area contributed by atoms with Gasteiger partial charge in [-0.1, -0.05) is 39.0 Å². The third-order valence-corrected chi connectivity index (χ3v) is 4.70. The van der Waals surface area contributed by atoms with Gasteiger partial charge >= 0.3 is 11.9 Å². The van der Waals surface area contributed by atoms with Gasteiger partial charge in [0.25, 0.3) is 0 Å². The number of rotatable bonds is 6. The summed E-state index contributed by atoms with van der Waals surface area (Å²) in [6.45, 7) is 10.5. The fourth-order valence-corrected chi connectivity index (χ4v) is 3.85. The summed E-state index contributed by atoms with van der Waals surface area (Å²) in [7, 11) is 0. The minimum absolute atomic E-state index is 0.0664. The van der Waals surface area contributed by atoms with Gasteiger partial charge in [-0.25, -0.2) is 0 Å². The number of carbonyl (C=O) groups is 2. The summed E-state index contributed by atoms with van der Waals surface area (Å²) >= 11 is 0. The van der Waals surface area contributed by atoms with Crippen molar-refractivity contribution in [2.24, 2.45) is 35.5 Å². The van der Waals surface area contributed by atoms with Crippen molar-refractivity contribution >= 4 is 11.9 Å². The monoisotopic (exact) mass is 290 g/mol. The zero-order valence-corrected chi connectivity index (χ0v) is 13.2. The summed E-state index contributed by atoms with van der Waals surface area (Å²) in [6, 6.07) is 0. The van der Waals surface area contributed by atoms with Gasteiger partial charge in [0.05, 0.1) is 11.8 Å². The van der Waals surface area contributed by atoms with E-state index in [1.54, 1.807) is 6.08 Å². The topological polar surface area (TPSA) is 43.4 Å².